The van der Waals surface area contributed by atoms with Gasteiger partial charge in [0.25, 0.3) is 0 Å². The molecule has 0 aliphatic carbocycles. The van der Waals surface area contributed by atoms with Crippen LogP contribution in [0.1, 0.15) is 42.2 Å². The number of benzene rings is 2. The first-order chi connectivity index (χ1) is 15.5. The zero-order valence-electron chi connectivity index (χ0n) is 17.2. The second-order valence-corrected chi connectivity index (χ2v) is 8.36. The maximum atomic E-state index is 13.9. The summed E-state index contributed by atoms with van der Waals surface area (Å²) in [6.07, 6.45) is -6.67. The van der Waals surface area contributed by atoms with Gasteiger partial charge in [-0.05, 0) is 31.2 Å². The number of carbonyl (C=O) groups is 1. The molecule has 0 saturated heterocycles. The monoisotopic (exact) mass is 501 g/mol. The Bertz CT molecular complexity index is 1250. The number of hydrogen-bond donors (Lipinski definition) is 1. The predicted octanol–water partition coefficient (Wildman–Crippen LogP) is 5.41. The highest BCUT2D eigenvalue weighted by molar-refractivity contribution is 6.33. The fourth-order valence-electron chi connectivity index (χ4n) is 3.88. The van der Waals surface area contributed by atoms with Crippen molar-refractivity contribution >= 4 is 29.2 Å². The van der Waals surface area contributed by atoms with Crippen LogP contribution in [0.25, 0.3) is 5.69 Å². The molecular formula is C21H16Cl2F3N3O4. The summed E-state index contributed by atoms with van der Waals surface area (Å²) in [5.41, 5.74) is -1.21. The Hall–Kier alpha value is -2.82. The molecule has 0 spiro atoms. The first-order valence-corrected chi connectivity index (χ1v) is 10.3. The largest absolute Gasteiger partial charge is 0.495 e. The standard InChI is InChI=1S/C21H16Cl2F3N3O4/c1-20(9-15(30)31)18-27-28-19(21(24,25)26)29(18)13-7-6-10(22)8-12(13)17(33-20)11-4-3-5-14(32-2)16(11)23/h3-8,17H,9H2,1-2H3,(H,30,31). The van der Waals surface area contributed by atoms with Crippen LogP contribution in [0.15, 0.2) is 36.4 Å². The minimum absolute atomic E-state index is 0.0322. The third-order valence-electron chi connectivity index (χ3n) is 5.26. The minimum Gasteiger partial charge on any atom is -0.495 e. The lowest BCUT2D eigenvalue weighted by Crippen LogP contribution is -2.33. The molecule has 2 unspecified atom stereocenters. The number of halogens is 5. The van der Waals surface area contributed by atoms with Gasteiger partial charge in [0.15, 0.2) is 5.82 Å². The van der Waals surface area contributed by atoms with E-state index < -0.39 is 36.1 Å². The van der Waals surface area contributed by atoms with Gasteiger partial charge in [0.1, 0.15) is 17.5 Å². The van der Waals surface area contributed by atoms with Gasteiger partial charge in [-0.2, -0.15) is 13.2 Å². The van der Waals surface area contributed by atoms with E-state index >= 15 is 0 Å². The van der Waals surface area contributed by atoms with E-state index in [0.717, 1.165) is 4.57 Å². The van der Waals surface area contributed by atoms with Crippen LogP contribution in [-0.4, -0.2) is 33.0 Å². The Morgan fingerprint density at radius 2 is 1.97 bits per heavy atom. The van der Waals surface area contributed by atoms with E-state index in [-0.39, 0.29) is 27.1 Å². The van der Waals surface area contributed by atoms with Crippen molar-refractivity contribution in [2.24, 2.45) is 0 Å². The Kier molecular flexibility index (Phi) is 5.80. The van der Waals surface area contributed by atoms with Crippen LogP contribution in [0.5, 0.6) is 5.75 Å². The third-order valence-corrected chi connectivity index (χ3v) is 5.90. The maximum absolute atomic E-state index is 13.9. The molecule has 1 aliphatic heterocycles. The van der Waals surface area contributed by atoms with E-state index in [0.29, 0.717) is 11.3 Å². The van der Waals surface area contributed by atoms with E-state index in [4.69, 9.17) is 32.7 Å². The van der Waals surface area contributed by atoms with Crippen LogP contribution in [-0.2, 0) is 21.3 Å². The Morgan fingerprint density at radius 1 is 1.24 bits per heavy atom. The Balaban J connectivity index is 2.08. The highest BCUT2D eigenvalue weighted by atomic mass is 35.5. The molecule has 2 aromatic carbocycles. The lowest BCUT2D eigenvalue weighted by molar-refractivity contribution is -0.149. The van der Waals surface area contributed by atoms with Crippen molar-refractivity contribution in [2.45, 2.75) is 31.2 Å². The third kappa shape index (κ3) is 4.03. The number of carboxylic acids is 1. The van der Waals surface area contributed by atoms with Gasteiger partial charge in [-0.15, -0.1) is 10.2 Å². The predicted molar refractivity (Wildman–Crippen MR) is 112 cm³/mol. The van der Waals surface area contributed by atoms with Crippen LogP contribution in [0.4, 0.5) is 13.2 Å². The second-order valence-electron chi connectivity index (χ2n) is 7.55. The second kappa shape index (κ2) is 8.19. The summed E-state index contributed by atoms with van der Waals surface area (Å²) in [7, 11) is 1.41. The van der Waals surface area contributed by atoms with E-state index in [1.165, 1.54) is 32.2 Å². The molecule has 0 amide bonds. The number of nitrogens with zero attached hydrogens (tertiary/aromatic N) is 3. The van der Waals surface area contributed by atoms with E-state index in [1.54, 1.807) is 18.2 Å². The average Bonchev–Trinajstić information content (AvgIpc) is 3.15. The molecular weight excluding hydrogens is 486 g/mol. The average molecular weight is 502 g/mol. The smallest absolute Gasteiger partial charge is 0.452 e. The number of fused-ring (bicyclic) bond motifs is 3. The quantitative estimate of drug-likeness (QED) is 0.514. The summed E-state index contributed by atoms with van der Waals surface area (Å²) < 4.78 is 53.9. The lowest BCUT2D eigenvalue weighted by atomic mass is 9.97. The number of alkyl halides is 3. The normalized spacial score (nSPS) is 20.0. The van der Waals surface area contributed by atoms with Crippen LogP contribution in [0.3, 0.4) is 0 Å². The molecule has 0 fully saturated rings. The summed E-state index contributed by atoms with van der Waals surface area (Å²) in [5, 5.41) is 16.9. The van der Waals surface area contributed by atoms with Gasteiger partial charge in [0, 0.05) is 16.1 Å². The van der Waals surface area contributed by atoms with Crippen LogP contribution >= 0.6 is 23.2 Å². The van der Waals surface area contributed by atoms with Crippen molar-refractivity contribution in [3.8, 4) is 11.4 Å². The lowest BCUT2D eigenvalue weighted by Gasteiger charge is -2.30. The van der Waals surface area contributed by atoms with Crippen molar-refractivity contribution < 1.29 is 32.5 Å². The molecule has 1 N–H and O–H groups in total. The van der Waals surface area contributed by atoms with Crippen molar-refractivity contribution in [1.82, 2.24) is 14.8 Å². The van der Waals surface area contributed by atoms with Crippen LogP contribution in [0, 0.1) is 0 Å². The molecule has 33 heavy (non-hydrogen) atoms. The fourth-order valence-corrected chi connectivity index (χ4v) is 4.36. The summed E-state index contributed by atoms with van der Waals surface area (Å²) in [4.78, 5) is 11.7. The maximum Gasteiger partial charge on any atom is 0.452 e. The zero-order chi connectivity index (χ0) is 24.1. The molecule has 0 radical (unpaired) electrons. The molecule has 4 rings (SSSR count). The van der Waals surface area contributed by atoms with E-state index in [2.05, 4.69) is 10.2 Å². The number of aromatic nitrogens is 3. The summed E-state index contributed by atoms with van der Waals surface area (Å²) in [6.45, 7) is 1.34. The summed E-state index contributed by atoms with van der Waals surface area (Å²) >= 11 is 12.7. The van der Waals surface area contributed by atoms with Crippen molar-refractivity contribution in [3.63, 3.8) is 0 Å². The summed E-state index contributed by atoms with van der Waals surface area (Å²) in [5.74, 6) is -2.64. The summed E-state index contributed by atoms with van der Waals surface area (Å²) in [6, 6.07) is 9.07. The van der Waals surface area contributed by atoms with Gasteiger partial charge in [0.05, 0.1) is 24.2 Å². The van der Waals surface area contributed by atoms with Gasteiger partial charge < -0.3 is 14.6 Å². The highest BCUT2D eigenvalue weighted by Crippen LogP contribution is 2.48. The molecule has 1 aliphatic rings. The first kappa shape index (κ1) is 23.3. The van der Waals surface area contributed by atoms with Crippen molar-refractivity contribution in [2.75, 3.05) is 7.11 Å². The molecule has 2 heterocycles. The molecule has 0 saturated carbocycles. The van der Waals surface area contributed by atoms with Gasteiger partial charge in [-0.1, -0.05) is 35.3 Å². The van der Waals surface area contributed by atoms with Crippen molar-refractivity contribution in [1.29, 1.82) is 0 Å². The topological polar surface area (TPSA) is 86.5 Å². The molecule has 1 aromatic heterocycles. The molecule has 3 aromatic rings. The van der Waals surface area contributed by atoms with Gasteiger partial charge in [-0.3, -0.25) is 9.36 Å². The van der Waals surface area contributed by atoms with E-state index in [1.807, 2.05) is 0 Å². The fraction of sp³-hybridized carbons (Fsp3) is 0.286. The highest BCUT2D eigenvalue weighted by Gasteiger charge is 2.48. The number of ether oxygens (including phenoxy) is 2. The number of rotatable bonds is 4. The molecule has 2 atom stereocenters. The zero-order valence-corrected chi connectivity index (χ0v) is 18.7. The molecule has 12 heteroatoms. The Morgan fingerprint density at radius 3 is 2.61 bits per heavy atom. The number of carboxylic acid groups (broad SMARTS) is 1. The minimum atomic E-state index is -4.88. The van der Waals surface area contributed by atoms with Crippen LogP contribution < -0.4 is 4.74 Å². The van der Waals surface area contributed by atoms with E-state index in [9.17, 15) is 23.1 Å². The van der Waals surface area contributed by atoms with Crippen molar-refractivity contribution in [3.05, 3.63) is 69.2 Å². The Labute approximate surface area is 195 Å². The van der Waals surface area contributed by atoms with Crippen LogP contribution in [0.2, 0.25) is 10.0 Å². The SMILES string of the molecule is COc1cccc(C2OC(C)(CC(=O)O)c3nnc(C(F)(F)F)n3-c3ccc(Cl)cc32)c1Cl. The number of hydrogen-bond acceptors (Lipinski definition) is 5. The number of aliphatic carboxylic acids is 1. The number of methoxy groups -OCH3 is 1. The molecule has 174 valence electrons. The van der Waals surface area contributed by atoms with Gasteiger partial charge in [0.2, 0.25) is 5.82 Å². The van der Waals surface area contributed by atoms with Gasteiger partial charge in [-0.25, -0.2) is 0 Å². The van der Waals surface area contributed by atoms with Gasteiger partial charge >= 0.3 is 12.1 Å². The molecule has 0 bridgehead atoms. The molecule has 7 nitrogen and oxygen atoms in total. The first-order valence-electron chi connectivity index (χ1n) is 9.51.